The maximum absolute atomic E-state index is 13.3. The van der Waals surface area contributed by atoms with Crippen LogP contribution < -0.4 is 5.32 Å². The fourth-order valence-corrected chi connectivity index (χ4v) is 3.43. The van der Waals surface area contributed by atoms with E-state index in [1.807, 2.05) is 44.2 Å². The van der Waals surface area contributed by atoms with E-state index in [0.29, 0.717) is 35.9 Å². The van der Waals surface area contributed by atoms with Gasteiger partial charge in [0.1, 0.15) is 11.5 Å². The molecule has 2 heterocycles. The van der Waals surface area contributed by atoms with E-state index in [9.17, 15) is 9.59 Å². The highest BCUT2D eigenvalue weighted by molar-refractivity contribution is 6.24. The second-order valence-electron chi connectivity index (χ2n) is 7.33. The molecule has 2 aromatic heterocycles. The quantitative estimate of drug-likeness (QED) is 0.401. The predicted octanol–water partition coefficient (Wildman–Crippen LogP) is 4.05. The van der Waals surface area contributed by atoms with Gasteiger partial charge in [-0.3, -0.25) is 9.59 Å². The average Bonchev–Trinajstić information content (AvgIpc) is 3.56. The Morgan fingerprint density at radius 3 is 2.38 bits per heavy atom. The number of anilines is 1. The summed E-state index contributed by atoms with van der Waals surface area (Å²) in [5.74, 6) is 0.389. The van der Waals surface area contributed by atoms with Crippen molar-refractivity contribution in [3.63, 3.8) is 0 Å². The van der Waals surface area contributed by atoms with Gasteiger partial charge >= 0.3 is 0 Å². The van der Waals surface area contributed by atoms with E-state index < -0.39 is 5.91 Å². The summed E-state index contributed by atoms with van der Waals surface area (Å²) in [6, 6.07) is 19.6. The van der Waals surface area contributed by atoms with E-state index in [2.05, 4.69) is 20.8 Å². The third kappa shape index (κ3) is 4.93. The van der Waals surface area contributed by atoms with Crippen molar-refractivity contribution in [1.29, 1.82) is 0 Å². The zero-order chi connectivity index (χ0) is 23.9. The van der Waals surface area contributed by atoms with Gasteiger partial charge in [-0.25, -0.2) is 0 Å². The molecule has 2 amide bonds. The molecule has 0 atom stereocenters. The summed E-state index contributed by atoms with van der Waals surface area (Å²) in [5.41, 5.74) is 2.01. The monoisotopic (exact) mass is 456 g/mol. The Morgan fingerprint density at radius 1 is 1.00 bits per heavy atom. The molecule has 1 N–H and O–H groups in total. The van der Waals surface area contributed by atoms with Gasteiger partial charge in [-0.2, -0.15) is 4.68 Å². The molecule has 0 saturated heterocycles. The Bertz CT molecular complexity index is 1270. The Morgan fingerprint density at radius 2 is 1.74 bits per heavy atom. The molecule has 0 spiro atoms. The highest BCUT2D eigenvalue weighted by atomic mass is 16.3. The van der Waals surface area contributed by atoms with E-state index >= 15 is 0 Å². The van der Waals surface area contributed by atoms with Crippen LogP contribution in [0.5, 0.6) is 0 Å². The number of aromatic nitrogens is 4. The van der Waals surface area contributed by atoms with E-state index in [0.717, 1.165) is 5.56 Å². The third-order valence-electron chi connectivity index (χ3n) is 5.22. The summed E-state index contributed by atoms with van der Waals surface area (Å²) in [5, 5.41) is 14.8. The van der Waals surface area contributed by atoms with Gasteiger partial charge in [0.2, 0.25) is 0 Å². The standard InChI is InChI=1S/C25H24N6O3/c1-3-30(4-2)25(33)19-12-14-20(15-13-19)26-24(32)22(17-21-11-8-16-34-21)31-23(27-28-29-31)18-9-6-5-7-10-18/h5-17H,3-4H2,1-2H3,(H,26,32). The van der Waals surface area contributed by atoms with Crippen molar-refractivity contribution in [2.45, 2.75) is 13.8 Å². The molecule has 9 heteroatoms. The smallest absolute Gasteiger partial charge is 0.274 e. The zero-order valence-electron chi connectivity index (χ0n) is 18.9. The van der Waals surface area contributed by atoms with E-state index in [-0.39, 0.29) is 11.6 Å². The molecule has 0 aliphatic carbocycles. The van der Waals surface area contributed by atoms with Crippen LogP contribution in [0, 0.1) is 0 Å². The highest BCUT2D eigenvalue weighted by Crippen LogP contribution is 2.22. The molecule has 0 fully saturated rings. The average molecular weight is 457 g/mol. The molecule has 4 rings (SSSR count). The summed E-state index contributed by atoms with van der Waals surface area (Å²) in [6.07, 6.45) is 3.08. The molecule has 4 aromatic rings. The van der Waals surface area contributed by atoms with Gasteiger partial charge in [0, 0.05) is 36.0 Å². The van der Waals surface area contributed by atoms with E-state index in [1.54, 1.807) is 47.4 Å². The van der Waals surface area contributed by atoms with Crippen LogP contribution in [-0.4, -0.2) is 50.0 Å². The molecule has 0 aliphatic rings. The molecule has 172 valence electrons. The number of furan rings is 1. The summed E-state index contributed by atoms with van der Waals surface area (Å²) < 4.78 is 6.78. The number of hydrogen-bond donors (Lipinski definition) is 1. The van der Waals surface area contributed by atoms with Crippen LogP contribution in [0.15, 0.2) is 77.4 Å². The zero-order valence-corrected chi connectivity index (χ0v) is 18.9. The van der Waals surface area contributed by atoms with Crippen molar-refractivity contribution < 1.29 is 14.0 Å². The lowest BCUT2D eigenvalue weighted by Crippen LogP contribution is -2.30. The fourth-order valence-electron chi connectivity index (χ4n) is 3.43. The van der Waals surface area contributed by atoms with Gasteiger partial charge in [0.25, 0.3) is 11.8 Å². The maximum atomic E-state index is 13.3. The minimum absolute atomic E-state index is 0.0533. The van der Waals surface area contributed by atoms with E-state index in [1.165, 1.54) is 10.9 Å². The fraction of sp³-hybridized carbons (Fsp3) is 0.160. The first-order valence-corrected chi connectivity index (χ1v) is 10.9. The lowest BCUT2D eigenvalue weighted by molar-refractivity contribution is -0.111. The van der Waals surface area contributed by atoms with Crippen molar-refractivity contribution in [1.82, 2.24) is 25.1 Å². The van der Waals surface area contributed by atoms with Crippen molar-refractivity contribution in [3.05, 3.63) is 84.3 Å². The maximum Gasteiger partial charge on any atom is 0.274 e. The van der Waals surface area contributed by atoms with Crippen molar-refractivity contribution in [3.8, 4) is 11.4 Å². The lowest BCUT2D eigenvalue weighted by atomic mass is 10.1. The second-order valence-corrected chi connectivity index (χ2v) is 7.33. The summed E-state index contributed by atoms with van der Waals surface area (Å²) >= 11 is 0. The van der Waals surface area contributed by atoms with Crippen LogP contribution in [0.1, 0.15) is 30.0 Å². The lowest BCUT2D eigenvalue weighted by Gasteiger charge is -2.18. The SMILES string of the molecule is CCN(CC)C(=O)c1ccc(NC(=O)C(=Cc2ccco2)n2nnnc2-c2ccccc2)cc1. The summed E-state index contributed by atoms with van der Waals surface area (Å²) in [6.45, 7) is 5.13. The molecule has 0 radical (unpaired) electrons. The Labute approximate surface area is 196 Å². The van der Waals surface area contributed by atoms with Gasteiger partial charge in [-0.05, 0) is 60.7 Å². The van der Waals surface area contributed by atoms with Crippen molar-refractivity contribution in [2.24, 2.45) is 0 Å². The Balaban J connectivity index is 1.63. The van der Waals surface area contributed by atoms with Crippen LogP contribution in [0.3, 0.4) is 0 Å². The first kappa shape index (κ1) is 22.7. The molecule has 0 bridgehead atoms. The molecule has 0 saturated carbocycles. The largest absolute Gasteiger partial charge is 0.465 e. The molecule has 34 heavy (non-hydrogen) atoms. The number of hydrogen-bond acceptors (Lipinski definition) is 6. The summed E-state index contributed by atoms with van der Waals surface area (Å²) in [7, 11) is 0. The number of amides is 2. The van der Waals surface area contributed by atoms with Gasteiger partial charge < -0.3 is 14.6 Å². The number of benzene rings is 2. The number of nitrogens with zero attached hydrogens (tertiary/aromatic N) is 5. The van der Waals surface area contributed by atoms with E-state index in [4.69, 9.17) is 4.42 Å². The van der Waals surface area contributed by atoms with Gasteiger partial charge in [0.05, 0.1) is 6.26 Å². The number of nitrogens with one attached hydrogen (secondary N) is 1. The van der Waals surface area contributed by atoms with Gasteiger partial charge in [-0.1, -0.05) is 30.3 Å². The first-order chi connectivity index (χ1) is 16.6. The van der Waals surface area contributed by atoms with Crippen LogP contribution in [0.4, 0.5) is 5.69 Å². The first-order valence-electron chi connectivity index (χ1n) is 10.9. The van der Waals surface area contributed by atoms with Crippen LogP contribution >= 0.6 is 0 Å². The molecular formula is C25H24N6O3. The Kier molecular flexibility index (Phi) is 6.92. The molecule has 2 aromatic carbocycles. The minimum Gasteiger partial charge on any atom is -0.465 e. The van der Waals surface area contributed by atoms with Crippen molar-refractivity contribution >= 4 is 29.3 Å². The van der Waals surface area contributed by atoms with Crippen LogP contribution in [0.2, 0.25) is 0 Å². The number of carbonyl (C=O) groups excluding carboxylic acids is 2. The minimum atomic E-state index is -0.441. The number of tetrazole rings is 1. The molecule has 0 aliphatic heterocycles. The second kappa shape index (κ2) is 10.4. The summed E-state index contributed by atoms with van der Waals surface area (Å²) in [4.78, 5) is 27.6. The van der Waals surface area contributed by atoms with Gasteiger partial charge in [-0.15, -0.1) is 5.10 Å². The number of rotatable bonds is 8. The predicted molar refractivity (Wildman–Crippen MR) is 128 cm³/mol. The number of carbonyl (C=O) groups is 2. The molecule has 0 unspecified atom stereocenters. The van der Waals surface area contributed by atoms with Gasteiger partial charge in [0.15, 0.2) is 5.82 Å². The molecular weight excluding hydrogens is 432 g/mol. The van der Waals surface area contributed by atoms with Crippen molar-refractivity contribution in [2.75, 3.05) is 18.4 Å². The van der Waals surface area contributed by atoms with Crippen LogP contribution in [-0.2, 0) is 4.79 Å². The topological polar surface area (TPSA) is 106 Å². The van der Waals surface area contributed by atoms with Crippen LogP contribution in [0.25, 0.3) is 23.2 Å². The molecule has 9 nitrogen and oxygen atoms in total. The Hall–Kier alpha value is -4.53. The third-order valence-corrected chi connectivity index (χ3v) is 5.22. The highest BCUT2D eigenvalue weighted by Gasteiger charge is 2.20. The normalized spacial score (nSPS) is 11.3.